The Morgan fingerprint density at radius 3 is 2.38 bits per heavy atom. The monoisotopic (exact) mass is 320 g/mol. The van der Waals surface area contributed by atoms with Crippen LogP contribution in [0.2, 0.25) is 0 Å². The number of hydrogen-bond donors (Lipinski definition) is 1. The lowest BCUT2D eigenvalue weighted by molar-refractivity contribution is 0.881. The van der Waals surface area contributed by atoms with Crippen molar-refractivity contribution in [3.8, 4) is 0 Å². The summed E-state index contributed by atoms with van der Waals surface area (Å²) in [6.07, 6.45) is 2.29. The van der Waals surface area contributed by atoms with Gasteiger partial charge in [0.1, 0.15) is 0 Å². The highest BCUT2D eigenvalue weighted by Crippen LogP contribution is 2.20. The van der Waals surface area contributed by atoms with Crippen LogP contribution in [0.5, 0.6) is 0 Å². The predicted octanol–water partition coefficient (Wildman–Crippen LogP) is 4.05. The SMILES string of the molecule is Cc1ccc(SCCCCSc2nc(C)cc(=O)[nH]2)cc1. The van der Waals surface area contributed by atoms with E-state index in [1.54, 1.807) is 11.8 Å². The first-order chi connectivity index (χ1) is 10.1. The van der Waals surface area contributed by atoms with E-state index < -0.39 is 0 Å². The highest BCUT2D eigenvalue weighted by Gasteiger charge is 1.99. The van der Waals surface area contributed by atoms with Crippen LogP contribution in [0.4, 0.5) is 0 Å². The average molecular weight is 320 g/mol. The smallest absolute Gasteiger partial charge is 0.251 e. The molecule has 0 spiro atoms. The lowest BCUT2D eigenvalue weighted by atomic mass is 10.2. The Labute approximate surface area is 134 Å². The van der Waals surface area contributed by atoms with Gasteiger partial charge in [-0.05, 0) is 44.6 Å². The third kappa shape index (κ3) is 5.98. The molecule has 0 amide bonds. The van der Waals surface area contributed by atoms with E-state index in [2.05, 4.69) is 41.2 Å². The normalized spacial score (nSPS) is 10.8. The molecule has 21 heavy (non-hydrogen) atoms. The fraction of sp³-hybridized carbons (Fsp3) is 0.375. The molecule has 2 aromatic rings. The first kappa shape index (κ1) is 16.2. The molecule has 0 unspecified atom stereocenters. The van der Waals surface area contributed by atoms with E-state index in [1.807, 2.05) is 18.7 Å². The van der Waals surface area contributed by atoms with E-state index in [0.29, 0.717) is 0 Å². The topological polar surface area (TPSA) is 45.8 Å². The summed E-state index contributed by atoms with van der Waals surface area (Å²) in [6.45, 7) is 3.95. The largest absolute Gasteiger partial charge is 0.301 e. The van der Waals surface area contributed by atoms with Gasteiger partial charge in [-0.1, -0.05) is 29.5 Å². The highest BCUT2D eigenvalue weighted by atomic mass is 32.2. The van der Waals surface area contributed by atoms with E-state index in [-0.39, 0.29) is 5.56 Å². The van der Waals surface area contributed by atoms with Crippen molar-refractivity contribution >= 4 is 23.5 Å². The van der Waals surface area contributed by atoms with E-state index >= 15 is 0 Å². The van der Waals surface area contributed by atoms with Gasteiger partial charge in [-0.2, -0.15) is 0 Å². The molecule has 3 nitrogen and oxygen atoms in total. The van der Waals surface area contributed by atoms with Gasteiger partial charge in [0, 0.05) is 22.4 Å². The Morgan fingerprint density at radius 1 is 1.05 bits per heavy atom. The van der Waals surface area contributed by atoms with Crippen LogP contribution in [0.1, 0.15) is 24.1 Å². The lowest BCUT2D eigenvalue weighted by Crippen LogP contribution is -2.08. The summed E-state index contributed by atoms with van der Waals surface area (Å²) in [4.78, 5) is 19.7. The zero-order valence-electron chi connectivity index (χ0n) is 12.4. The molecule has 0 aliphatic rings. The van der Waals surface area contributed by atoms with E-state index in [1.165, 1.54) is 22.9 Å². The summed E-state index contributed by atoms with van der Waals surface area (Å²) in [7, 11) is 0. The van der Waals surface area contributed by atoms with E-state index in [0.717, 1.165) is 28.8 Å². The summed E-state index contributed by atoms with van der Waals surface area (Å²) >= 11 is 3.52. The fourth-order valence-corrected chi connectivity index (χ4v) is 3.65. The molecule has 0 saturated carbocycles. The molecule has 1 N–H and O–H groups in total. The summed E-state index contributed by atoms with van der Waals surface area (Å²) in [5.41, 5.74) is 2.01. The molecular formula is C16H20N2OS2. The number of H-pyrrole nitrogens is 1. The van der Waals surface area contributed by atoms with Crippen LogP contribution < -0.4 is 5.56 Å². The molecule has 0 fully saturated rings. The van der Waals surface area contributed by atoms with Crippen LogP contribution in [0, 0.1) is 13.8 Å². The molecule has 5 heteroatoms. The number of benzene rings is 1. The van der Waals surface area contributed by atoms with Crippen molar-refractivity contribution in [3.63, 3.8) is 0 Å². The molecule has 0 atom stereocenters. The van der Waals surface area contributed by atoms with Crippen LogP contribution in [0.15, 0.2) is 45.2 Å². The Kier molecular flexibility index (Phi) is 6.39. The molecule has 0 bridgehead atoms. The fourth-order valence-electron chi connectivity index (χ4n) is 1.82. The zero-order valence-corrected chi connectivity index (χ0v) is 14.0. The quantitative estimate of drug-likeness (QED) is 0.475. The number of aromatic nitrogens is 2. The second kappa shape index (κ2) is 8.29. The van der Waals surface area contributed by atoms with Gasteiger partial charge in [0.15, 0.2) is 5.16 Å². The number of rotatable bonds is 7. The van der Waals surface area contributed by atoms with Gasteiger partial charge in [-0.25, -0.2) is 4.98 Å². The molecular weight excluding hydrogens is 300 g/mol. The zero-order chi connectivity index (χ0) is 15.1. The van der Waals surface area contributed by atoms with E-state index in [4.69, 9.17) is 0 Å². The van der Waals surface area contributed by atoms with Gasteiger partial charge in [-0.15, -0.1) is 11.8 Å². The minimum atomic E-state index is -0.0695. The molecule has 2 rings (SSSR count). The minimum Gasteiger partial charge on any atom is -0.301 e. The van der Waals surface area contributed by atoms with E-state index in [9.17, 15) is 4.79 Å². The number of unbranched alkanes of at least 4 members (excludes halogenated alkanes) is 1. The first-order valence-corrected chi connectivity index (χ1v) is 9.01. The molecule has 0 aliphatic carbocycles. The lowest BCUT2D eigenvalue weighted by Gasteiger charge is -2.03. The average Bonchev–Trinajstić information content (AvgIpc) is 2.43. The molecule has 0 saturated heterocycles. The van der Waals surface area contributed by atoms with Crippen molar-refractivity contribution in [1.82, 2.24) is 9.97 Å². The number of thioether (sulfide) groups is 2. The van der Waals surface area contributed by atoms with Gasteiger partial charge < -0.3 is 4.98 Å². The van der Waals surface area contributed by atoms with Crippen LogP contribution in [-0.2, 0) is 0 Å². The Bertz CT molecular complexity index is 623. The van der Waals surface area contributed by atoms with Crippen LogP contribution in [0.3, 0.4) is 0 Å². The molecule has 1 heterocycles. The Balaban J connectivity index is 1.64. The standard InChI is InChI=1S/C16H20N2OS2/c1-12-5-7-14(8-6-12)20-9-3-4-10-21-16-17-13(2)11-15(19)18-16/h5-8,11H,3-4,9-10H2,1-2H3,(H,17,18,19). The highest BCUT2D eigenvalue weighted by molar-refractivity contribution is 7.99. The molecule has 1 aromatic heterocycles. The molecule has 112 valence electrons. The maximum Gasteiger partial charge on any atom is 0.251 e. The summed E-state index contributed by atoms with van der Waals surface area (Å²) in [5.74, 6) is 2.11. The number of hydrogen-bond acceptors (Lipinski definition) is 4. The summed E-state index contributed by atoms with van der Waals surface area (Å²) in [5, 5.41) is 0.728. The number of nitrogens with zero attached hydrogens (tertiary/aromatic N) is 1. The second-order valence-electron chi connectivity index (χ2n) is 4.91. The molecule has 0 aliphatic heterocycles. The van der Waals surface area contributed by atoms with Gasteiger partial charge in [-0.3, -0.25) is 4.79 Å². The Hall–Kier alpha value is -1.20. The van der Waals surface area contributed by atoms with Crippen molar-refractivity contribution in [2.24, 2.45) is 0 Å². The maximum atomic E-state index is 11.3. The van der Waals surface area contributed by atoms with Crippen LogP contribution in [-0.4, -0.2) is 21.5 Å². The number of aromatic amines is 1. The van der Waals surface area contributed by atoms with Crippen molar-refractivity contribution in [3.05, 3.63) is 51.9 Å². The van der Waals surface area contributed by atoms with Gasteiger partial charge in [0.25, 0.3) is 5.56 Å². The Morgan fingerprint density at radius 2 is 1.71 bits per heavy atom. The third-order valence-corrected chi connectivity index (χ3v) is 4.97. The maximum absolute atomic E-state index is 11.3. The van der Waals surface area contributed by atoms with Gasteiger partial charge in [0.2, 0.25) is 0 Å². The van der Waals surface area contributed by atoms with Crippen LogP contribution >= 0.6 is 23.5 Å². The summed E-state index contributed by atoms with van der Waals surface area (Å²) < 4.78 is 0. The number of aryl methyl sites for hydroxylation is 2. The predicted molar refractivity (Wildman–Crippen MR) is 91.5 cm³/mol. The van der Waals surface area contributed by atoms with Crippen molar-refractivity contribution in [2.45, 2.75) is 36.7 Å². The number of nitrogens with one attached hydrogen (secondary N) is 1. The molecule has 1 aromatic carbocycles. The minimum absolute atomic E-state index is 0.0695. The van der Waals surface area contributed by atoms with Crippen molar-refractivity contribution in [2.75, 3.05) is 11.5 Å². The van der Waals surface area contributed by atoms with Crippen LogP contribution in [0.25, 0.3) is 0 Å². The van der Waals surface area contributed by atoms with Crippen molar-refractivity contribution < 1.29 is 0 Å². The van der Waals surface area contributed by atoms with Gasteiger partial charge in [0.05, 0.1) is 0 Å². The molecule has 0 radical (unpaired) electrons. The summed E-state index contributed by atoms with van der Waals surface area (Å²) in [6, 6.07) is 10.2. The third-order valence-electron chi connectivity index (χ3n) is 2.92. The van der Waals surface area contributed by atoms with Crippen molar-refractivity contribution in [1.29, 1.82) is 0 Å². The second-order valence-corrected chi connectivity index (χ2v) is 7.16. The first-order valence-electron chi connectivity index (χ1n) is 7.04. The van der Waals surface area contributed by atoms with Gasteiger partial charge >= 0.3 is 0 Å².